The Morgan fingerprint density at radius 3 is 2.13 bits per heavy atom. The van der Waals surface area contributed by atoms with Crippen LogP contribution in [-0.2, 0) is 28.6 Å². The van der Waals surface area contributed by atoms with Gasteiger partial charge < -0.3 is 19.5 Å². The summed E-state index contributed by atoms with van der Waals surface area (Å²) in [6.45, 7) is 1.84. The van der Waals surface area contributed by atoms with E-state index in [0.29, 0.717) is 10.8 Å². The van der Waals surface area contributed by atoms with Crippen LogP contribution in [0.1, 0.15) is 161 Å². The molecule has 5 aliphatic rings. The zero-order valence-electron chi connectivity index (χ0n) is 32.1. The number of anilines is 1. The van der Waals surface area contributed by atoms with Crippen LogP contribution in [0.25, 0.3) is 11.2 Å². The van der Waals surface area contributed by atoms with Gasteiger partial charge in [0.2, 0.25) is 11.5 Å². The smallest absolute Gasteiger partial charge is 0.312 e. The van der Waals surface area contributed by atoms with Crippen molar-refractivity contribution >= 4 is 34.8 Å². The van der Waals surface area contributed by atoms with Crippen LogP contribution in [0.4, 0.5) is 10.2 Å². The van der Waals surface area contributed by atoms with Gasteiger partial charge in [0.1, 0.15) is 18.9 Å². The number of aromatic nitrogens is 4. The summed E-state index contributed by atoms with van der Waals surface area (Å²) in [5.74, 6) is 1.33. The highest BCUT2D eigenvalue weighted by atomic mass is 19.1. The molecule has 0 unspecified atom stereocenters. The molecule has 294 valence electrons. The van der Waals surface area contributed by atoms with Gasteiger partial charge in [0.25, 0.3) is 0 Å². The molecule has 4 saturated carbocycles. The minimum absolute atomic E-state index is 0.0304. The number of unbranched alkanes of at least 4 members (excludes halogenated alkanes) is 4. The molecule has 54 heavy (non-hydrogen) atoms. The van der Waals surface area contributed by atoms with Gasteiger partial charge in [0, 0.05) is 12.8 Å². The lowest BCUT2D eigenvalue weighted by Gasteiger charge is -2.37. The van der Waals surface area contributed by atoms with Crippen molar-refractivity contribution in [3.8, 4) is 12.3 Å². The Labute approximate surface area is 318 Å². The number of ether oxygens (including phenoxy) is 3. The molecule has 0 radical (unpaired) electrons. The van der Waals surface area contributed by atoms with Gasteiger partial charge in [-0.15, -0.1) is 6.42 Å². The van der Waals surface area contributed by atoms with E-state index in [0.717, 1.165) is 83.5 Å². The first kappa shape index (κ1) is 38.7. The Morgan fingerprint density at radius 1 is 0.907 bits per heavy atom. The number of imidazole rings is 1. The van der Waals surface area contributed by atoms with E-state index in [2.05, 4.69) is 33.1 Å². The zero-order chi connectivity index (χ0) is 37.8. The molecule has 0 bridgehead atoms. The number of rotatable bonds is 13. The summed E-state index contributed by atoms with van der Waals surface area (Å²) in [5, 5.41) is 2.71. The minimum atomic E-state index is -1.59. The number of hydrogen-bond acceptors (Lipinski definition) is 9. The quantitative estimate of drug-likeness (QED) is 0.0926. The van der Waals surface area contributed by atoms with Crippen LogP contribution in [0.15, 0.2) is 6.33 Å². The third kappa shape index (κ3) is 8.31. The molecule has 4 aliphatic carbocycles. The van der Waals surface area contributed by atoms with Gasteiger partial charge in [-0.2, -0.15) is 14.4 Å². The highest BCUT2D eigenvalue weighted by Gasteiger charge is 2.53. The Morgan fingerprint density at radius 2 is 1.52 bits per heavy atom. The van der Waals surface area contributed by atoms with Crippen LogP contribution < -0.4 is 5.32 Å². The van der Waals surface area contributed by atoms with Crippen molar-refractivity contribution < 1.29 is 33.0 Å². The maximum Gasteiger partial charge on any atom is 0.312 e. The van der Waals surface area contributed by atoms with Crippen LogP contribution in [0.2, 0.25) is 0 Å². The van der Waals surface area contributed by atoms with Gasteiger partial charge in [-0.3, -0.25) is 19.0 Å². The molecule has 1 amide bonds. The van der Waals surface area contributed by atoms with Crippen molar-refractivity contribution in [2.45, 2.75) is 173 Å². The Bertz CT molecular complexity index is 1690. The molecule has 11 nitrogen and oxygen atoms in total. The first-order valence-electron chi connectivity index (χ1n) is 20.9. The number of carbonyl (C=O) groups excluding carboxylic acids is 3. The van der Waals surface area contributed by atoms with Crippen molar-refractivity contribution in [1.29, 1.82) is 0 Å². The Kier molecular flexibility index (Phi) is 11.9. The van der Waals surface area contributed by atoms with E-state index in [4.69, 9.17) is 20.6 Å². The number of carbonyl (C=O) groups is 3. The second-order valence-electron chi connectivity index (χ2n) is 17.2. The molecule has 1 N–H and O–H groups in total. The van der Waals surface area contributed by atoms with Crippen LogP contribution >= 0.6 is 0 Å². The van der Waals surface area contributed by atoms with Crippen molar-refractivity contribution in [3.05, 3.63) is 12.4 Å². The second-order valence-corrected chi connectivity index (χ2v) is 17.2. The van der Waals surface area contributed by atoms with Crippen molar-refractivity contribution in [1.82, 2.24) is 19.5 Å². The Balaban J connectivity index is 1.07. The number of nitrogens with zero attached hydrogens (tertiary/aromatic N) is 4. The lowest BCUT2D eigenvalue weighted by atomic mass is 9.69. The van der Waals surface area contributed by atoms with Crippen LogP contribution in [0.5, 0.6) is 0 Å². The average Bonchev–Trinajstić information content (AvgIpc) is 3.99. The fourth-order valence-corrected chi connectivity index (χ4v) is 10.3. The lowest BCUT2D eigenvalue weighted by Crippen LogP contribution is -2.47. The van der Waals surface area contributed by atoms with E-state index >= 15 is 0 Å². The highest BCUT2D eigenvalue weighted by molar-refractivity contribution is 5.96. The van der Waals surface area contributed by atoms with Crippen molar-refractivity contribution in [3.63, 3.8) is 0 Å². The standard InChI is InChI=1S/C42H58FN5O6/c1-3-5-6-7-8-13-32(49)45-35-34-36(47-39(43)46-35)48(28-44-34)33-26-31(53-38(51)30-16-24-41(25-17-30)20-11-12-21-41)42(4-2,54-33)27-52-37(50)29-14-22-40(23-15-29)18-9-10-19-40/h2,28-31,33H,3,5-27H2,1H3,(H,45,46,47,49)/t31-,33+,42+/m0/s1. The van der Waals surface area contributed by atoms with Crippen LogP contribution in [0.3, 0.4) is 0 Å². The van der Waals surface area contributed by atoms with Gasteiger partial charge >= 0.3 is 18.0 Å². The van der Waals surface area contributed by atoms with Crippen LogP contribution in [-0.4, -0.2) is 55.7 Å². The summed E-state index contributed by atoms with van der Waals surface area (Å²) >= 11 is 0. The summed E-state index contributed by atoms with van der Waals surface area (Å²) in [6, 6.07) is 0. The predicted molar refractivity (Wildman–Crippen MR) is 200 cm³/mol. The largest absolute Gasteiger partial charge is 0.461 e. The summed E-state index contributed by atoms with van der Waals surface area (Å²) in [5.41, 5.74) is -0.564. The summed E-state index contributed by atoms with van der Waals surface area (Å²) in [4.78, 5) is 52.4. The molecular formula is C42H58FN5O6. The fourth-order valence-electron chi connectivity index (χ4n) is 10.3. The minimum Gasteiger partial charge on any atom is -0.461 e. The number of amides is 1. The molecule has 2 aromatic rings. The summed E-state index contributed by atoms with van der Waals surface area (Å²) in [6.07, 6.45) is 27.3. The van der Waals surface area contributed by atoms with Gasteiger partial charge in [-0.1, -0.05) is 64.2 Å². The molecule has 3 heterocycles. The molecule has 7 rings (SSSR count). The van der Waals surface area contributed by atoms with E-state index in [-0.39, 0.29) is 66.1 Å². The number of fused-ring (bicyclic) bond motifs is 1. The van der Waals surface area contributed by atoms with Crippen LogP contribution in [0, 0.1) is 41.1 Å². The molecule has 0 aromatic carbocycles. The maximum absolute atomic E-state index is 14.9. The first-order chi connectivity index (χ1) is 26.2. The van der Waals surface area contributed by atoms with E-state index in [1.54, 1.807) is 0 Å². The highest BCUT2D eigenvalue weighted by Crippen LogP contribution is 2.52. The predicted octanol–water partition coefficient (Wildman–Crippen LogP) is 8.51. The van der Waals surface area contributed by atoms with E-state index in [1.807, 2.05) is 0 Å². The lowest BCUT2D eigenvalue weighted by molar-refractivity contribution is -0.173. The molecule has 3 atom stereocenters. The molecule has 2 aromatic heterocycles. The number of hydrogen-bond donors (Lipinski definition) is 1. The van der Waals surface area contributed by atoms with Gasteiger partial charge in [0.05, 0.1) is 18.2 Å². The number of nitrogens with one attached hydrogen (secondary N) is 1. The third-order valence-electron chi connectivity index (χ3n) is 13.8. The molecule has 12 heteroatoms. The zero-order valence-corrected chi connectivity index (χ0v) is 32.1. The Hall–Kier alpha value is -3.59. The SMILES string of the molecule is C#C[C@]1(COC(=O)C2CCC3(CCCC3)CC2)O[C@@H](n2cnc3c(NC(=O)CCCCCCC)nc(F)nc32)C[C@@H]1OC(=O)C1CCC2(CCCC2)CC1. The molecule has 1 aliphatic heterocycles. The molecule has 1 saturated heterocycles. The van der Waals surface area contributed by atoms with Gasteiger partial charge in [0.15, 0.2) is 17.0 Å². The second kappa shape index (κ2) is 16.6. The molecular weight excluding hydrogens is 689 g/mol. The molecule has 2 spiro atoms. The maximum atomic E-state index is 14.9. The van der Waals surface area contributed by atoms with Crippen molar-refractivity contribution in [2.24, 2.45) is 22.7 Å². The van der Waals surface area contributed by atoms with Gasteiger partial charge in [-0.25, -0.2) is 4.98 Å². The van der Waals surface area contributed by atoms with Crippen molar-refractivity contribution in [2.75, 3.05) is 11.9 Å². The number of terminal acetylenes is 1. The fraction of sp³-hybridized carbons (Fsp3) is 0.762. The average molecular weight is 748 g/mol. The summed E-state index contributed by atoms with van der Waals surface area (Å²) in [7, 11) is 0. The van der Waals surface area contributed by atoms with E-state index in [1.165, 1.54) is 62.3 Å². The van der Waals surface area contributed by atoms with Gasteiger partial charge in [-0.05, 0) is 94.3 Å². The topological polar surface area (TPSA) is 135 Å². The van der Waals surface area contributed by atoms with E-state index < -0.39 is 24.0 Å². The normalized spacial score (nSPS) is 27.7. The number of esters is 2. The molecule has 5 fully saturated rings. The third-order valence-corrected chi connectivity index (χ3v) is 13.8. The monoisotopic (exact) mass is 747 g/mol. The first-order valence-corrected chi connectivity index (χ1v) is 20.9. The summed E-state index contributed by atoms with van der Waals surface area (Å²) < 4.78 is 35.2. The number of halogens is 1. The van der Waals surface area contributed by atoms with E-state index in [9.17, 15) is 18.8 Å².